The van der Waals surface area contributed by atoms with Gasteiger partial charge in [-0.3, -0.25) is 4.99 Å². The molecule has 0 aromatic heterocycles. The molecule has 0 saturated carbocycles. The second kappa shape index (κ2) is 4.98. The van der Waals surface area contributed by atoms with Gasteiger partial charge in [0.1, 0.15) is 5.60 Å². The number of aliphatic imine (C=N–C) groups is 1. The number of benzene rings is 1. The number of aryl methyl sites for hydroxylation is 1. The van der Waals surface area contributed by atoms with Crippen LogP contribution in [0.2, 0.25) is 0 Å². The highest BCUT2D eigenvalue weighted by Gasteiger charge is 2.33. The molecule has 1 aliphatic carbocycles. The van der Waals surface area contributed by atoms with E-state index in [0.717, 1.165) is 24.0 Å². The summed E-state index contributed by atoms with van der Waals surface area (Å²) in [4.78, 5) is 3.98. The largest absolute Gasteiger partial charge is 0.493 e. The molecule has 0 spiro atoms. The molecule has 1 N–H and O–H groups in total. The third kappa shape index (κ3) is 2.08. The van der Waals surface area contributed by atoms with Crippen molar-refractivity contribution in [3.8, 4) is 11.5 Å². The molecular formula is C14H19NO3. The number of nitrogens with zero attached hydrogens (tertiary/aromatic N) is 1. The highest BCUT2D eigenvalue weighted by Crippen LogP contribution is 2.40. The van der Waals surface area contributed by atoms with Crippen molar-refractivity contribution in [2.24, 2.45) is 4.99 Å². The molecule has 1 aromatic carbocycles. The van der Waals surface area contributed by atoms with E-state index < -0.39 is 5.60 Å². The van der Waals surface area contributed by atoms with Gasteiger partial charge in [0.2, 0.25) is 0 Å². The number of rotatable bonds is 3. The standard InChI is InChI=1S/C14H19NO3/c1-15-9-14(16)6-4-5-10-7-12(17-2)13(18-3)8-11(10)14/h7-9,16H,4-6H2,1-3H3. The minimum atomic E-state index is -0.984. The molecule has 18 heavy (non-hydrogen) atoms. The van der Waals surface area contributed by atoms with Crippen molar-refractivity contribution >= 4 is 6.21 Å². The number of hydrogen-bond donors (Lipinski definition) is 1. The maximum absolute atomic E-state index is 10.7. The Morgan fingerprint density at radius 1 is 1.28 bits per heavy atom. The second-order valence-corrected chi connectivity index (χ2v) is 4.53. The van der Waals surface area contributed by atoms with Gasteiger partial charge in [0, 0.05) is 13.3 Å². The van der Waals surface area contributed by atoms with Crippen LogP contribution in [0, 0.1) is 0 Å². The molecule has 4 heteroatoms. The first-order chi connectivity index (χ1) is 8.64. The van der Waals surface area contributed by atoms with Crippen LogP contribution >= 0.6 is 0 Å². The smallest absolute Gasteiger partial charge is 0.161 e. The van der Waals surface area contributed by atoms with Gasteiger partial charge in [0.15, 0.2) is 11.5 Å². The van der Waals surface area contributed by atoms with Crippen LogP contribution in [0.5, 0.6) is 11.5 Å². The van der Waals surface area contributed by atoms with Crippen molar-refractivity contribution in [2.45, 2.75) is 24.9 Å². The Labute approximate surface area is 107 Å². The number of fused-ring (bicyclic) bond motifs is 1. The lowest BCUT2D eigenvalue weighted by atomic mass is 9.79. The van der Waals surface area contributed by atoms with Crippen LogP contribution in [0.15, 0.2) is 17.1 Å². The van der Waals surface area contributed by atoms with Gasteiger partial charge in [0.25, 0.3) is 0 Å². The van der Waals surface area contributed by atoms with Crippen LogP contribution in [0.1, 0.15) is 24.0 Å². The molecule has 1 unspecified atom stereocenters. The Morgan fingerprint density at radius 3 is 2.56 bits per heavy atom. The monoisotopic (exact) mass is 249 g/mol. The number of methoxy groups -OCH3 is 2. The van der Waals surface area contributed by atoms with Gasteiger partial charge in [-0.05, 0) is 42.5 Å². The zero-order valence-corrected chi connectivity index (χ0v) is 11.1. The number of ether oxygens (including phenoxy) is 2. The Balaban J connectivity index is 2.57. The summed E-state index contributed by atoms with van der Waals surface area (Å²) in [5, 5.41) is 10.7. The first-order valence-corrected chi connectivity index (χ1v) is 6.05. The van der Waals surface area contributed by atoms with E-state index >= 15 is 0 Å². The minimum absolute atomic E-state index is 0.640. The van der Waals surface area contributed by atoms with Crippen molar-refractivity contribution in [1.82, 2.24) is 0 Å². The van der Waals surface area contributed by atoms with Gasteiger partial charge >= 0.3 is 0 Å². The van der Waals surface area contributed by atoms with Crippen LogP contribution in [0.3, 0.4) is 0 Å². The molecule has 0 heterocycles. The molecule has 0 saturated heterocycles. The van der Waals surface area contributed by atoms with E-state index in [1.54, 1.807) is 27.5 Å². The fourth-order valence-corrected chi connectivity index (χ4v) is 2.56. The predicted octanol–water partition coefficient (Wildman–Crippen LogP) is 1.93. The highest BCUT2D eigenvalue weighted by atomic mass is 16.5. The lowest BCUT2D eigenvalue weighted by Crippen LogP contribution is -2.32. The van der Waals surface area contributed by atoms with Gasteiger partial charge in [-0.2, -0.15) is 0 Å². The van der Waals surface area contributed by atoms with Crippen LogP contribution in [-0.2, 0) is 12.0 Å². The number of hydrogen-bond acceptors (Lipinski definition) is 4. The highest BCUT2D eigenvalue weighted by molar-refractivity contribution is 5.73. The van der Waals surface area contributed by atoms with Gasteiger partial charge in [0.05, 0.1) is 14.2 Å². The van der Waals surface area contributed by atoms with E-state index in [1.807, 2.05) is 12.1 Å². The SMILES string of the molecule is CN=CC1(O)CCCc2cc(OC)c(OC)cc21. The number of aliphatic hydroxyl groups is 1. The van der Waals surface area contributed by atoms with Crippen molar-refractivity contribution < 1.29 is 14.6 Å². The summed E-state index contributed by atoms with van der Waals surface area (Å²) in [5.74, 6) is 1.34. The molecule has 1 aromatic rings. The van der Waals surface area contributed by atoms with Crippen LogP contribution in [0.25, 0.3) is 0 Å². The Bertz CT molecular complexity index is 470. The second-order valence-electron chi connectivity index (χ2n) is 4.53. The first kappa shape index (κ1) is 12.9. The molecular weight excluding hydrogens is 230 g/mol. The first-order valence-electron chi connectivity index (χ1n) is 6.05. The zero-order valence-electron chi connectivity index (χ0n) is 11.1. The fourth-order valence-electron chi connectivity index (χ4n) is 2.56. The normalized spacial score (nSPS) is 22.9. The Hall–Kier alpha value is -1.55. The van der Waals surface area contributed by atoms with E-state index in [0.29, 0.717) is 17.9 Å². The maximum atomic E-state index is 10.7. The van der Waals surface area contributed by atoms with Gasteiger partial charge in [-0.15, -0.1) is 0 Å². The third-order valence-electron chi connectivity index (χ3n) is 3.42. The third-order valence-corrected chi connectivity index (χ3v) is 3.42. The van der Waals surface area contributed by atoms with E-state index in [4.69, 9.17) is 9.47 Å². The summed E-state index contributed by atoms with van der Waals surface area (Å²) in [5.41, 5.74) is 0.986. The minimum Gasteiger partial charge on any atom is -0.493 e. The molecule has 4 nitrogen and oxygen atoms in total. The quantitative estimate of drug-likeness (QED) is 0.833. The fraction of sp³-hybridized carbons (Fsp3) is 0.500. The van der Waals surface area contributed by atoms with Crippen molar-refractivity contribution in [3.05, 3.63) is 23.3 Å². The molecule has 0 radical (unpaired) electrons. The topological polar surface area (TPSA) is 51.1 Å². The average molecular weight is 249 g/mol. The van der Waals surface area contributed by atoms with Crippen molar-refractivity contribution in [2.75, 3.05) is 21.3 Å². The lowest BCUT2D eigenvalue weighted by Gasteiger charge is -2.32. The summed E-state index contributed by atoms with van der Waals surface area (Å²) in [6, 6.07) is 3.80. The molecule has 0 amide bonds. The predicted molar refractivity (Wildman–Crippen MR) is 70.8 cm³/mol. The van der Waals surface area contributed by atoms with Gasteiger partial charge in [-0.25, -0.2) is 0 Å². The molecule has 2 rings (SSSR count). The molecule has 1 aliphatic rings. The summed E-state index contributed by atoms with van der Waals surface area (Å²) >= 11 is 0. The maximum Gasteiger partial charge on any atom is 0.161 e. The van der Waals surface area contributed by atoms with Crippen molar-refractivity contribution in [1.29, 1.82) is 0 Å². The molecule has 1 atom stereocenters. The van der Waals surface area contributed by atoms with Crippen LogP contribution in [0.4, 0.5) is 0 Å². The summed E-state index contributed by atoms with van der Waals surface area (Å²) in [7, 11) is 4.89. The summed E-state index contributed by atoms with van der Waals surface area (Å²) in [6.07, 6.45) is 4.17. The molecule has 98 valence electrons. The van der Waals surface area contributed by atoms with Crippen LogP contribution < -0.4 is 9.47 Å². The summed E-state index contributed by atoms with van der Waals surface area (Å²) in [6.45, 7) is 0. The van der Waals surface area contributed by atoms with Crippen LogP contribution in [-0.4, -0.2) is 32.6 Å². The van der Waals surface area contributed by atoms with Gasteiger partial charge < -0.3 is 14.6 Å². The molecule has 0 bridgehead atoms. The lowest BCUT2D eigenvalue weighted by molar-refractivity contribution is 0.0959. The van der Waals surface area contributed by atoms with E-state index in [1.165, 1.54) is 0 Å². The summed E-state index contributed by atoms with van der Waals surface area (Å²) < 4.78 is 10.6. The molecule has 0 fully saturated rings. The van der Waals surface area contributed by atoms with Gasteiger partial charge in [-0.1, -0.05) is 0 Å². The Kier molecular flexibility index (Phi) is 3.57. The van der Waals surface area contributed by atoms with E-state index in [9.17, 15) is 5.11 Å². The van der Waals surface area contributed by atoms with E-state index in [-0.39, 0.29) is 0 Å². The molecule has 0 aliphatic heterocycles. The Morgan fingerprint density at radius 2 is 1.94 bits per heavy atom. The van der Waals surface area contributed by atoms with E-state index in [2.05, 4.69) is 4.99 Å². The van der Waals surface area contributed by atoms with Crippen molar-refractivity contribution in [3.63, 3.8) is 0 Å². The zero-order chi connectivity index (χ0) is 13.2. The average Bonchev–Trinajstić information content (AvgIpc) is 2.38.